The van der Waals surface area contributed by atoms with Crippen LogP contribution in [0.5, 0.6) is 0 Å². The summed E-state index contributed by atoms with van der Waals surface area (Å²) in [5.41, 5.74) is 2.94. The smallest absolute Gasteiger partial charge is 0.238 e. The summed E-state index contributed by atoms with van der Waals surface area (Å²) >= 11 is 0. The van der Waals surface area contributed by atoms with Gasteiger partial charge in [-0.1, -0.05) is 54.6 Å². The van der Waals surface area contributed by atoms with Gasteiger partial charge in [-0.2, -0.15) is 0 Å². The minimum atomic E-state index is -0.634. The predicted octanol–water partition coefficient (Wildman–Crippen LogP) is 4.92. The standard InChI is InChI=1S/C22H20F2N2O/c1-15(18-12-11-17(23)13-20(18)24)25-14-22(27)26-21-10-6-5-9-19(21)16-7-3-2-4-8-16/h2-13,15,25H,14H2,1H3,(H,26,27)/t15-/m0/s1. The van der Waals surface area contributed by atoms with Gasteiger partial charge in [-0.15, -0.1) is 0 Å². The molecule has 0 bridgehead atoms. The Morgan fingerprint density at radius 1 is 0.963 bits per heavy atom. The van der Waals surface area contributed by atoms with Crippen LogP contribution in [0.3, 0.4) is 0 Å². The lowest BCUT2D eigenvalue weighted by Crippen LogP contribution is -2.30. The van der Waals surface area contributed by atoms with Gasteiger partial charge >= 0.3 is 0 Å². The van der Waals surface area contributed by atoms with Crippen LogP contribution < -0.4 is 10.6 Å². The van der Waals surface area contributed by atoms with Crippen molar-refractivity contribution in [3.8, 4) is 11.1 Å². The van der Waals surface area contributed by atoms with Crippen LogP contribution in [0.25, 0.3) is 11.1 Å². The summed E-state index contributed by atoms with van der Waals surface area (Å²) in [6, 6.07) is 20.3. The molecule has 5 heteroatoms. The molecule has 1 atom stereocenters. The van der Waals surface area contributed by atoms with Crippen molar-refractivity contribution in [2.75, 3.05) is 11.9 Å². The van der Waals surface area contributed by atoms with E-state index in [1.54, 1.807) is 6.92 Å². The van der Waals surface area contributed by atoms with Gasteiger partial charge in [-0.25, -0.2) is 8.78 Å². The van der Waals surface area contributed by atoms with E-state index < -0.39 is 17.7 Å². The summed E-state index contributed by atoms with van der Waals surface area (Å²) in [6.45, 7) is 1.72. The van der Waals surface area contributed by atoms with E-state index in [2.05, 4.69) is 10.6 Å². The van der Waals surface area contributed by atoms with Crippen LogP contribution in [-0.2, 0) is 4.79 Å². The maximum absolute atomic E-state index is 13.8. The Morgan fingerprint density at radius 2 is 1.67 bits per heavy atom. The molecule has 3 rings (SSSR count). The van der Waals surface area contributed by atoms with E-state index >= 15 is 0 Å². The van der Waals surface area contributed by atoms with Crippen molar-refractivity contribution in [1.29, 1.82) is 0 Å². The Morgan fingerprint density at radius 3 is 2.41 bits per heavy atom. The number of para-hydroxylation sites is 1. The van der Waals surface area contributed by atoms with E-state index in [0.29, 0.717) is 11.3 Å². The summed E-state index contributed by atoms with van der Waals surface area (Å²) in [4.78, 5) is 12.3. The van der Waals surface area contributed by atoms with E-state index in [1.165, 1.54) is 12.1 Å². The zero-order chi connectivity index (χ0) is 19.2. The largest absolute Gasteiger partial charge is 0.324 e. The molecule has 27 heavy (non-hydrogen) atoms. The number of anilines is 1. The number of amides is 1. The van der Waals surface area contributed by atoms with Crippen molar-refractivity contribution in [2.24, 2.45) is 0 Å². The Labute approximate surface area is 157 Å². The van der Waals surface area contributed by atoms with Gasteiger partial charge < -0.3 is 10.6 Å². The quantitative estimate of drug-likeness (QED) is 0.650. The highest BCUT2D eigenvalue weighted by molar-refractivity contribution is 5.96. The molecule has 0 aliphatic carbocycles. The number of nitrogens with one attached hydrogen (secondary N) is 2. The third kappa shape index (κ3) is 4.77. The molecular formula is C22H20F2N2O. The van der Waals surface area contributed by atoms with Gasteiger partial charge in [0.15, 0.2) is 0 Å². The molecule has 1 amide bonds. The number of hydrogen-bond donors (Lipinski definition) is 2. The minimum Gasteiger partial charge on any atom is -0.324 e. The number of halogens is 2. The number of rotatable bonds is 6. The molecule has 0 aliphatic rings. The van der Waals surface area contributed by atoms with Crippen LogP contribution in [-0.4, -0.2) is 12.5 Å². The average molecular weight is 366 g/mol. The normalized spacial score (nSPS) is 11.8. The summed E-state index contributed by atoms with van der Waals surface area (Å²) < 4.78 is 26.9. The monoisotopic (exact) mass is 366 g/mol. The molecule has 2 N–H and O–H groups in total. The summed E-state index contributed by atoms with van der Waals surface area (Å²) in [7, 11) is 0. The molecule has 0 spiro atoms. The number of carbonyl (C=O) groups excluding carboxylic acids is 1. The second kappa shape index (κ2) is 8.56. The lowest BCUT2D eigenvalue weighted by atomic mass is 10.0. The highest BCUT2D eigenvalue weighted by Crippen LogP contribution is 2.27. The second-order valence-electron chi connectivity index (χ2n) is 6.23. The second-order valence-corrected chi connectivity index (χ2v) is 6.23. The minimum absolute atomic E-state index is 0.00110. The molecule has 0 unspecified atom stereocenters. The van der Waals surface area contributed by atoms with Crippen molar-refractivity contribution in [3.63, 3.8) is 0 Å². The summed E-state index contributed by atoms with van der Waals surface area (Å²) in [6.07, 6.45) is 0. The van der Waals surface area contributed by atoms with Crippen molar-refractivity contribution in [1.82, 2.24) is 5.32 Å². The molecule has 3 nitrogen and oxygen atoms in total. The summed E-state index contributed by atoms with van der Waals surface area (Å²) in [5.74, 6) is -1.50. The van der Waals surface area contributed by atoms with Crippen molar-refractivity contribution >= 4 is 11.6 Å². The number of benzene rings is 3. The highest BCUT2D eigenvalue weighted by atomic mass is 19.1. The first kappa shape index (κ1) is 18.7. The predicted molar refractivity (Wildman–Crippen MR) is 103 cm³/mol. The van der Waals surface area contributed by atoms with Crippen LogP contribution >= 0.6 is 0 Å². The van der Waals surface area contributed by atoms with Gasteiger partial charge in [-0.05, 0) is 24.6 Å². The Hall–Kier alpha value is -3.05. The third-order valence-electron chi connectivity index (χ3n) is 4.28. The molecule has 0 radical (unpaired) electrons. The van der Waals surface area contributed by atoms with Gasteiger partial charge in [0.2, 0.25) is 5.91 Å². The zero-order valence-electron chi connectivity index (χ0n) is 14.9. The SMILES string of the molecule is C[C@H](NCC(=O)Nc1ccccc1-c1ccccc1)c1ccc(F)cc1F. The van der Waals surface area contributed by atoms with Gasteiger partial charge in [0.1, 0.15) is 11.6 Å². The maximum Gasteiger partial charge on any atom is 0.238 e. The maximum atomic E-state index is 13.8. The Bertz CT molecular complexity index is 929. The lowest BCUT2D eigenvalue weighted by molar-refractivity contribution is -0.115. The van der Waals surface area contributed by atoms with Crippen LogP contribution in [0, 0.1) is 11.6 Å². The van der Waals surface area contributed by atoms with Crippen LogP contribution in [0.4, 0.5) is 14.5 Å². The fraction of sp³-hybridized carbons (Fsp3) is 0.136. The van der Waals surface area contributed by atoms with E-state index in [-0.39, 0.29) is 12.5 Å². The van der Waals surface area contributed by atoms with Gasteiger partial charge in [-0.3, -0.25) is 4.79 Å². The molecule has 0 saturated carbocycles. The zero-order valence-corrected chi connectivity index (χ0v) is 14.9. The van der Waals surface area contributed by atoms with E-state index in [1.807, 2.05) is 54.6 Å². The molecule has 0 saturated heterocycles. The van der Waals surface area contributed by atoms with Gasteiger partial charge in [0, 0.05) is 28.9 Å². The van der Waals surface area contributed by atoms with Crippen molar-refractivity contribution in [2.45, 2.75) is 13.0 Å². The fourth-order valence-corrected chi connectivity index (χ4v) is 2.86. The molecule has 138 valence electrons. The topological polar surface area (TPSA) is 41.1 Å². The van der Waals surface area contributed by atoms with E-state index in [0.717, 1.165) is 17.2 Å². The van der Waals surface area contributed by atoms with E-state index in [4.69, 9.17) is 0 Å². The third-order valence-corrected chi connectivity index (χ3v) is 4.28. The van der Waals surface area contributed by atoms with E-state index in [9.17, 15) is 13.6 Å². The van der Waals surface area contributed by atoms with Crippen LogP contribution in [0.2, 0.25) is 0 Å². The van der Waals surface area contributed by atoms with Crippen LogP contribution in [0.15, 0.2) is 72.8 Å². The van der Waals surface area contributed by atoms with Gasteiger partial charge in [0.05, 0.1) is 6.54 Å². The molecule has 0 heterocycles. The molecule has 0 fully saturated rings. The van der Waals surface area contributed by atoms with Gasteiger partial charge in [0.25, 0.3) is 0 Å². The first-order valence-corrected chi connectivity index (χ1v) is 8.67. The van der Waals surface area contributed by atoms with Crippen LogP contribution in [0.1, 0.15) is 18.5 Å². The summed E-state index contributed by atoms with van der Waals surface area (Å²) in [5, 5.41) is 5.85. The molecule has 0 aliphatic heterocycles. The Kier molecular flexibility index (Phi) is 5.94. The van der Waals surface area contributed by atoms with Crippen molar-refractivity contribution in [3.05, 3.63) is 90.0 Å². The number of carbonyl (C=O) groups is 1. The molecule has 3 aromatic rings. The fourth-order valence-electron chi connectivity index (χ4n) is 2.86. The number of hydrogen-bond acceptors (Lipinski definition) is 2. The average Bonchev–Trinajstić information content (AvgIpc) is 2.67. The lowest BCUT2D eigenvalue weighted by Gasteiger charge is -2.16. The molecule has 0 aromatic heterocycles. The molecular weight excluding hydrogens is 346 g/mol. The highest BCUT2D eigenvalue weighted by Gasteiger charge is 2.14. The van der Waals surface area contributed by atoms with Crippen molar-refractivity contribution < 1.29 is 13.6 Å². The Balaban J connectivity index is 1.65. The first-order valence-electron chi connectivity index (χ1n) is 8.67. The molecule has 3 aromatic carbocycles. The first-order chi connectivity index (χ1) is 13.0.